The number of hydrogen-bond acceptors (Lipinski definition) is 4. The van der Waals surface area contributed by atoms with Crippen LogP contribution in [0.5, 0.6) is 0 Å². The third kappa shape index (κ3) is 1.36. The number of fused-ring (bicyclic) bond motifs is 1. The van der Waals surface area contributed by atoms with Gasteiger partial charge in [0.25, 0.3) is 0 Å². The fourth-order valence-corrected chi connectivity index (χ4v) is 4.31. The standard InChI is InChI=1S/C16H19NO3/c1-2-19-14(18)16-9-8-15(12-6-4-3-5-7-12)10-13(11-16)20-17(15)16/h3-7,13H,2,8-11H2,1H3. The molecule has 0 radical (unpaired) electrons. The molecule has 4 heteroatoms. The van der Waals surface area contributed by atoms with E-state index in [0.717, 1.165) is 25.7 Å². The first-order valence-electron chi connectivity index (χ1n) is 7.41. The molecule has 1 aromatic carbocycles. The van der Waals surface area contributed by atoms with Crippen molar-refractivity contribution in [2.75, 3.05) is 6.61 Å². The normalized spacial score (nSPS) is 38.4. The molecule has 0 saturated carbocycles. The molecule has 0 aliphatic carbocycles. The monoisotopic (exact) mass is 273 g/mol. The average Bonchev–Trinajstić information content (AvgIpc) is 3.06. The molecule has 3 heterocycles. The van der Waals surface area contributed by atoms with E-state index >= 15 is 0 Å². The zero-order valence-electron chi connectivity index (χ0n) is 11.7. The average molecular weight is 273 g/mol. The Hall–Kier alpha value is -1.39. The second kappa shape index (κ2) is 4.06. The molecule has 4 rings (SSSR count). The first-order valence-corrected chi connectivity index (χ1v) is 7.41. The lowest BCUT2D eigenvalue weighted by Gasteiger charge is -2.38. The van der Waals surface area contributed by atoms with E-state index < -0.39 is 5.54 Å². The van der Waals surface area contributed by atoms with Gasteiger partial charge in [-0.2, -0.15) is 5.06 Å². The third-order valence-corrected chi connectivity index (χ3v) is 5.08. The van der Waals surface area contributed by atoms with Crippen LogP contribution in [0.4, 0.5) is 0 Å². The lowest BCUT2D eigenvalue weighted by Crippen LogP contribution is -2.53. The van der Waals surface area contributed by atoms with Gasteiger partial charge in [0.15, 0.2) is 0 Å². The van der Waals surface area contributed by atoms with Crippen LogP contribution in [0.25, 0.3) is 0 Å². The predicted molar refractivity (Wildman–Crippen MR) is 72.7 cm³/mol. The van der Waals surface area contributed by atoms with E-state index in [2.05, 4.69) is 24.3 Å². The van der Waals surface area contributed by atoms with E-state index in [1.807, 2.05) is 18.1 Å². The summed E-state index contributed by atoms with van der Waals surface area (Å²) in [5, 5.41) is 1.98. The molecule has 0 spiro atoms. The Morgan fingerprint density at radius 3 is 2.85 bits per heavy atom. The van der Waals surface area contributed by atoms with Crippen molar-refractivity contribution in [3.05, 3.63) is 35.9 Å². The number of benzene rings is 1. The topological polar surface area (TPSA) is 38.8 Å². The van der Waals surface area contributed by atoms with Crippen molar-refractivity contribution in [1.82, 2.24) is 5.06 Å². The molecule has 0 aromatic heterocycles. The molecule has 1 aromatic rings. The number of hydrogen-bond donors (Lipinski definition) is 0. The molecule has 106 valence electrons. The highest BCUT2D eigenvalue weighted by atomic mass is 16.7. The molecule has 20 heavy (non-hydrogen) atoms. The van der Waals surface area contributed by atoms with Crippen molar-refractivity contribution in [3.63, 3.8) is 0 Å². The minimum atomic E-state index is -0.547. The number of piperidine rings is 1. The van der Waals surface area contributed by atoms with E-state index in [0.29, 0.717) is 6.61 Å². The quantitative estimate of drug-likeness (QED) is 0.793. The Morgan fingerprint density at radius 1 is 1.35 bits per heavy atom. The zero-order valence-corrected chi connectivity index (χ0v) is 11.7. The number of carbonyl (C=O) groups excluding carboxylic acids is 1. The summed E-state index contributed by atoms with van der Waals surface area (Å²) in [5.41, 5.74) is 0.583. The van der Waals surface area contributed by atoms with E-state index in [9.17, 15) is 4.79 Å². The van der Waals surface area contributed by atoms with Crippen molar-refractivity contribution < 1.29 is 14.4 Å². The van der Waals surface area contributed by atoms with Gasteiger partial charge in [-0.05, 0) is 25.3 Å². The van der Waals surface area contributed by atoms with Gasteiger partial charge in [-0.15, -0.1) is 0 Å². The van der Waals surface area contributed by atoms with Crippen LogP contribution in [0, 0.1) is 0 Å². The molecule has 3 aliphatic heterocycles. The van der Waals surface area contributed by atoms with Crippen LogP contribution < -0.4 is 0 Å². The Balaban J connectivity index is 1.75. The maximum Gasteiger partial charge on any atom is 0.329 e. The van der Waals surface area contributed by atoms with Crippen LogP contribution in [0.15, 0.2) is 30.3 Å². The lowest BCUT2D eigenvalue weighted by atomic mass is 9.81. The minimum Gasteiger partial charge on any atom is -0.465 e. The molecular formula is C16H19NO3. The lowest BCUT2D eigenvalue weighted by molar-refractivity contribution is -0.196. The van der Waals surface area contributed by atoms with Gasteiger partial charge in [0.2, 0.25) is 0 Å². The number of rotatable bonds is 3. The minimum absolute atomic E-state index is 0.111. The molecule has 2 bridgehead atoms. The third-order valence-electron chi connectivity index (χ3n) is 5.08. The number of nitrogens with zero attached hydrogens (tertiary/aromatic N) is 1. The van der Waals surface area contributed by atoms with Crippen molar-refractivity contribution in [1.29, 1.82) is 0 Å². The van der Waals surface area contributed by atoms with Gasteiger partial charge in [-0.25, -0.2) is 4.79 Å². The van der Waals surface area contributed by atoms with Crippen molar-refractivity contribution >= 4 is 5.97 Å². The van der Waals surface area contributed by atoms with Gasteiger partial charge in [0.1, 0.15) is 5.54 Å². The maximum absolute atomic E-state index is 12.4. The Kier molecular flexibility index (Phi) is 2.51. The number of hydroxylamine groups is 2. The summed E-state index contributed by atoms with van der Waals surface area (Å²) in [6.07, 6.45) is 3.71. The Morgan fingerprint density at radius 2 is 2.15 bits per heavy atom. The first kappa shape index (κ1) is 12.4. The van der Waals surface area contributed by atoms with E-state index in [-0.39, 0.29) is 17.6 Å². The number of ether oxygens (including phenoxy) is 1. The van der Waals surface area contributed by atoms with E-state index in [4.69, 9.17) is 9.57 Å². The van der Waals surface area contributed by atoms with E-state index in [1.54, 1.807) is 0 Å². The summed E-state index contributed by atoms with van der Waals surface area (Å²) >= 11 is 0. The Bertz CT molecular complexity index is 546. The largest absolute Gasteiger partial charge is 0.465 e. The smallest absolute Gasteiger partial charge is 0.329 e. The Labute approximate surface area is 118 Å². The molecule has 0 amide bonds. The summed E-state index contributed by atoms with van der Waals surface area (Å²) in [6.45, 7) is 2.29. The molecular weight excluding hydrogens is 254 g/mol. The van der Waals surface area contributed by atoms with Crippen LogP contribution in [-0.2, 0) is 19.9 Å². The molecule has 4 nitrogen and oxygen atoms in total. The predicted octanol–water partition coefficient (Wildman–Crippen LogP) is 2.39. The van der Waals surface area contributed by atoms with Gasteiger partial charge >= 0.3 is 5.97 Å². The molecule has 3 atom stereocenters. The van der Waals surface area contributed by atoms with Crippen LogP contribution in [0.1, 0.15) is 38.2 Å². The SMILES string of the molecule is CCOC(=O)C12CCC3(c4ccccc4)CC(C1)ON23. The van der Waals surface area contributed by atoms with Crippen LogP contribution in [0.2, 0.25) is 0 Å². The summed E-state index contributed by atoms with van der Waals surface area (Å²) in [7, 11) is 0. The van der Waals surface area contributed by atoms with Crippen molar-refractivity contribution in [3.8, 4) is 0 Å². The highest BCUT2D eigenvalue weighted by Crippen LogP contribution is 2.62. The van der Waals surface area contributed by atoms with Crippen molar-refractivity contribution in [2.24, 2.45) is 0 Å². The second-order valence-corrected chi connectivity index (χ2v) is 6.08. The van der Waals surface area contributed by atoms with E-state index in [1.165, 1.54) is 5.56 Å². The highest BCUT2D eigenvalue weighted by molar-refractivity contribution is 5.82. The highest BCUT2D eigenvalue weighted by Gasteiger charge is 2.71. The molecule has 3 aliphatic rings. The summed E-state index contributed by atoms with van der Waals surface area (Å²) in [4.78, 5) is 18.5. The summed E-state index contributed by atoms with van der Waals surface area (Å²) in [6, 6.07) is 10.4. The van der Waals surface area contributed by atoms with Crippen LogP contribution in [-0.4, -0.2) is 29.3 Å². The first-order chi connectivity index (χ1) is 9.71. The van der Waals surface area contributed by atoms with Gasteiger partial charge in [0.05, 0.1) is 18.2 Å². The molecule has 3 fully saturated rings. The van der Waals surface area contributed by atoms with Crippen LogP contribution in [0.3, 0.4) is 0 Å². The molecule has 3 unspecified atom stereocenters. The number of carbonyl (C=O) groups is 1. The number of esters is 1. The second-order valence-electron chi connectivity index (χ2n) is 6.08. The summed E-state index contributed by atoms with van der Waals surface area (Å²) < 4.78 is 5.32. The molecule has 3 saturated heterocycles. The fraction of sp³-hybridized carbons (Fsp3) is 0.562. The van der Waals surface area contributed by atoms with Gasteiger partial charge in [-0.1, -0.05) is 30.3 Å². The maximum atomic E-state index is 12.4. The zero-order chi connectivity index (χ0) is 13.8. The van der Waals surface area contributed by atoms with Crippen molar-refractivity contribution in [2.45, 2.75) is 49.8 Å². The summed E-state index contributed by atoms with van der Waals surface area (Å²) in [5.74, 6) is -0.111. The van der Waals surface area contributed by atoms with Crippen LogP contribution >= 0.6 is 0 Å². The van der Waals surface area contributed by atoms with Gasteiger partial charge in [-0.3, -0.25) is 4.84 Å². The van der Waals surface area contributed by atoms with Gasteiger partial charge in [0, 0.05) is 12.8 Å². The molecule has 0 N–H and O–H groups in total. The fourth-order valence-electron chi connectivity index (χ4n) is 4.31. The van der Waals surface area contributed by atoms with Gasteiger partial charge < -0.3 is 4.74 Å².